The molecule has 2 aromatic rings. The average Bonchev–Trinajstić information content (AvgIpc) is 2.81. The monoisotopic (exact) mass is 289 g/mol. The summed E-state index contributed by atoms with van der Waals surface area (Å²) in [4.78, 5) is 25.8. The molecule has 1 aromatic heterocycles. The van der Waals surface area contributed by atoms with Gasteiger partial charge in [-0.25, -0.2) is 9.55 Å². The van der Waals surface area contributed by atoms with Crippen LogP contribution < -0.4 is 0 Å². The number of carbonyl (C=O) groups is 1. The summed E-state index contributed by atoms with van der Waals surface area (Å²) in [6, 6.07) is 9.25. The number of nitrogens with zero attached hydrogens (tertiary/aromatic N) is 3. The number of rotatable bonds is 6. The number of aryl methyl sites for hydroxylation is 1. The Labute approximate surface area is 121 Å². The van der Waals surface area contributed by atoms with Gasteiger partial charge < -0.3 is 14.9 Å². The molecule has 1 heterocycles. The maximum atomic E-state index is 11.7. The summed E-state index contributed by atoms with van der Waals surface area (Å²) in [6.07, 6.45) is 1.38. The van der Waals surface area contributed by atoms with Crippen LogP contribution in [0.25, 0.3) is 0 Å². The molecule has 7 heteroatoms. The zero-order valence-corrected chi connectivity index (χ0v) is 11.6. The number of imidazole rings is 1. The van der Waals surface area contributed by atoms with Gasteiger partial charge in [0.1, 0.15) is 19.3 Å². The number of hydrogen-bond acceptors (Lipinski definition) is 5. The number of hydrogen-bond donors (Lipinski definition) is 0. The molecule has 0 aliphatic rings. The summed E-state index contributed by atoms with van der Waals surface area (Å²) in [5.74, 6) is 0.0500. The van der Waals surface area contributed by atoms with Crippen molar-refractivity contribution < 1.29 is 14.5 Å². The first-order valence-electron chi connectivity index (χ1n) is 6.44. The number of nitro groups is 1. The van der Waals surface area contributed by atoms with Gasteiger partial charge in [0, 0.05) is 6.92 Å². The Hall–Kier alpha value is -2.70. The Bertz CT molecular complexity index is 637. The second-order valence-corrected chi connectivity index (χ2v) is 4.46. The third-order valence-corrected chi connectivity index (χ3v) is 2.99. The van der Waals surface area contributed by atoms with Crippen molar-refractivity contribution >= 4 is 11.8 Å². The first kappa shape index (κ1) is 14.7. The van der Waals surface area contributed by atoms with Gasteiger partial charge in [-0.2, -0.15) is 0 Å². The molecule has 2 rings (SSSR count). The molecule has 0 saturated carbocycles. The van der Waals surface area contributed by atoms with Crippen molar-refractivity contribution in [1.82, 2.24) is 9.55 Å². The van der Waals surface area contributed by atoms with Gasteiger partial charge in [-0.05, 0) is 10.5 Å². The average molecular weight is 289 g/mol. The summed E-state index contributed by atoms with van der Waals surface area (Å²) in [6.45, 7) is 1.95. The molecular weight excluding hydrogens is 274 g/mol. The van der Waals surface area contributed by atoms with Crippen LogP contribution in [0.4, 0.5) is 5.82 Å². The molecule has 0 aliphatic heterocycles. The predicted octanol–water partition coefficient (Wildman–Crippen LogP) is 1.89. The summed E-state index contributed by atoms with van der Waals surface area (Å²) in [5.41, 5.74) is 0.868. The Balaban J connectivity index is 1.86. The summed E-state index contributed by atoms with van der Waals surface area (Å²) < 4.78 is 6.51. The largest absolute Gasteiger partial charge is 0.461 e. The molecular formula is C14H15N3O4. The second-order valence-electron chi connectivity index (χ2n) is 4.46. The SMILES string of the molecule is Cc1ncc([N+](=O)[O-])n1CCOC(=O)Cc1ccccc1. The highest BCUT2D eigenvalue weighted by Gasteiger charge is 2.17. The highest BCUT2D eigenvalue weighted by molar-refractivity contribution is 5.72. The number of ether oxygens (including phenoxy) is 1. The van der Waals surface area contributed by atoms with Gasteiger partial charge in [0.2, 0.25) is 0 Å². The van der Waals surface area contributed by atoms with Crippen molar-refractivity contribution in [3.05, 3.63) is 58.0 Å². The first-order valence-corrected chi connectivity index (χ1v) is 6.44. The lowest BCUT2D eigenvalue weighted by molar-refractivity contribution is -0.392. The van der Waals surface area contributed by atoms with Gasteiger partial charge in [0.15, 0.2) is 5.82 Å². The van der Waals surface area contributed by atoms with Crippen LogP contribution in [0.1, 0.15) is 11.4 Å². The molecule has 1 aromatic carbocycles. The molecule has 0 saturated heterocycles. The Morgan fingerprint density at radius 1 is 1.38 bits per heavy atom. The quantitative estimate of drug-likeness (QED) is 0.460. The van der Waals surface area contributed by atoms with E-state index in [0.717, 1.165) is 5.56 Å². The van der Waals surface area contributed by atoms with Crippen LogP contribution in [-0.2, 0) is 22.5 Å². The number of carbonyl (C=O) groups excluding carboxylic acids is 1. The minimum atomic E-state index is -0.508. The smallest absolute Gasteiger partial charge is 0.342 e. The Kier molecular flexibility index (Phi) is 4.65. The van der Waals surface area contributed by atoms with Gasteiger partial charge in [-0.15, -0.1) is 0 Å². The van der Waals surface area contributed by atoms with Crippen molar-refractivity contribution in [3.63, 3.8) is 0 Å². The van der Waals surface area contributed by atoms with E-state index in [1.807, 2.05) is 30.3 Å². The number of esters is 1. The van der Waals surface area contributed by atoms with Crippen LogP contribution in [-0.4, -0.2) is 27.1 Å². The van der Waals surface area contributed by atoms with E-state index in [9.17, 15) is 14.9 Å². The van der Waals surface area contributed by atoms with Gasteiger partial charge in [0.25, 0.3) is 0 Å². The Morgan fingerprint density at radius 3 is 2.76 bits per heavy atom. The molecule has 0 atom stereocenters. The third-order valence-electron chi connectivity index (χ3n) is 2.99. The lowest BCUT2D eigenvalue weighted by atomic mass is 10.2. The van der Waals surface area contributed by atoms with E-state index >= 15 is 0 Å². The van der Waals surface area contributed by atoms with E-state index in [1.54, 1.807) is 6.92 Å². The van der Waals surface area contributed by atoms with Gasteiger partial charge in [-0.3, -0.25) is 4.79 Å². The molecule has 0 radical (unpaired) electrons. The zero-order chi connectivity index (χ0) is 15.2. The summed E-state index contributed by atoms with van der Waals surface area (Å²) in [5, 5.41) is 10.8. The van der Waals surface area contributed by atoms with E-state index < -0.39 is 4.92 Å². The fourth-order valence-electron chi connectivity index (χ4n) is 1.94. The van der Waals surface area contributed by atoms with Crippen molar-refractivity contribution in [3.8, 4) is 0 Å². The molecule has 7 nitrogen and oxygen atoms in total. The molecule has 0 unspecified atom stereocenters. The molecule has 0 bridgehead atoms. The van der Waals surface area contributed by atoms with Crippen LogP contribution >= 0.6 is 0 Å². The van der Waals surface area contributed by atoms with E-state index in [1.165, 1.54) is 10.8 Å². The maximum Gasteiger partial charge on any atom is 0.342 e. The maximum absolute atomic E-state index is 11.7. The van der Waals surface area contributed by atoms with E-state index in [0.29, 0.717) is 5.82 Å². The van der Waals surface area contributed by atoms with Crippen molar-refractivity contribution in [2.75, 3.05) is 6.61 Å². The standard InChI is InChI=1S/C14H15N3O4/c1-11-15-10-13(17(19)20)16(11)7-8-21-14(18)9-12-5-3-2-4-6-12/h2-6,10H,7-9H2,1H3. The van der Waals surface area contributed by atoms with Crippen LogP contribution in [0.2, 0.25) is 0 Å². The van der Waals surface area contributed by atoms with E-state index in [2.05, 4.69) is 4.98 Å². The topological polar surface area (TPSA) is 87.3 Å². The third kappa shape index (κ3) is 3.88. The Morgan fingerprint density at radius 2 is 2.10 bits per heavy atom. The van der Waals surface area contributed by atoms with Crippen LogP contribution in [0.5, 0.6) is 0 Å². The normalized spacial score (nSPS) is 10.3. The summed E-state index contributed by atoms with van der Waals surface area (Å²) >= 11 is 0. The highest BCUT2D eigenvalue weighted by Crippen LogP contribution is 2.13. The lowest BCUT2D eigenvalue weighted by Gasteiger charge is -2.05. The molecule has 0 amide bonds. The summed E-state index contributed by atoms with van der Waals surface area (Å²) in [7, 11) is 0. The highest BCUT2D eigenvalue weighted by atomic mass is 16.6. The molecule has 0 fully saturated rings. The molecule has 110 valence electrons. The van der Waals surface area contributed by atoms with Crippen molar-refractivity contribution in [2.24, 2.45) is 0 Å². The van der Waals surface area contributed by atoms with Crippen molar-refractivity contribution in [1.29, 1.82) is 0 Å². The minimum Gasteiger partial charge on any atom is -0.461 e. The van der Waals surface area contributed by atoms with Crippen LogP contribution in [0.15, 0.2) is 36.5 Å². The van der Waals surface area contributed by atoms with Crippen LogP contribution in [0.3, 0.4) is 0 Å². The molecule has 21 heavy (non-hydrogen) atoms. The predicted molar refractivity (Wildman–Crippen MR) is 74.7 cm³/mol. The zero-order valence-electron chi connectivity index (χ0n) is 11.6. The van der Waals surface area contributed by atoms with E-state index in [-0.39, 0.29) is 31.4 Å². The fraction of sp³-hybridized carbons (Fsp3) is 0.286. The second kappa shape index (κ2) is 6.65. The first-order chi connectivity index (χ1) is 10.1. The van der Waals surface area contributed by atoms with Gasteiger partial charge >= 0.3 is 11.8 Å². The lowest BCUT2D eigenvalue weighted by Crippen LogP contribution is -2.15. The van der Waals surface area contributed by atoms with Gasteiger partial charge in [-0.1, -0.05) is 30.3 Å². The van der Waals surface area contributed by atoms with E-state index in [4.69, 9.17) is 4.74 Å². The van der Waals surface area contributed by atoms with Crippen molar-refractivity contribution in [2.45, 2.75) is 19.9 Å². The molecule has 0 aliphatic carbocycles. The van der Waals surface area contributed by atoms with Crippen LogP contribution in [0, 0.1) is 17.0 Å². The minimum absolute atomic E-state index is 0.0731. The van der Waals surface area contributed by atoms with Gasteiger partial charge in [0.05, 0.1) is 6.42 Å². The number of aromatic nitrogens is 2. The molecule has 0 N–H and O–H groups in total. The fourth-order valence-corrected chi connectivity index (χ4v) is 1.94. The number of benzene rings is 1. The molecule has 0 spiro atoms.